The minimum absolute atomic E-state index is 0.124. The summed E-state index contributed by atoms with van der Waals surface area (Å²) >= 11 is 0. The lowest BCUT2D eigenvalue weighted by Crippen LogP contribution is -2.40. The van der Waals surface area contributed by atoms with Crippen LogP contribution in [0.5, 0.6) is 0 Å². The van der Waals surface area contributed by atoms with Crippen molar-refractivity contribution >= 4 is 17.8 Å². The molecule has 0 aromatic heterocycles. The van der Waals surface area contributed by atoms with Crippen LogP contribution < -0.4 is 5.32 Å². The van der Waals surface area contributed by atoms with Gasteiger partial charge >= 0.3 is 5.97 Å². The number of piperidine rings is 1. The van der Waals surface area contributed by atoms with Crippen molar-refractivity contribution in [3.8, 4) is 0 Å². The van der Waals surface area contributed by atoms with Gasteiger partial charge in [0.15, 0.2) is 0 Å². The van der Waals surface area contributed by atoms with Crippen molar-refractivity contribution in [1.82, 2.24) is 10.2 Å². The SMILES string of the molecule is O=C(O)CCC1CCCN(C(=O)CCCNC(=O)C2CC2)C1. The minimum Gasteiger partial charge on any atom is -0.481 e. The predicted molar refractivity (Wildman–Crippen MR) is 81.1 cm³/mol. The minimum atomic E-state index is -0.769. The van der Waals surface area contributed by atoms with Gasteiger partial charge in [-0.15, -0.1) is 0 Å². The van der Waals surface area contributed by atoms with E-state index >= 15 is 0 Å². The molecule has 0 aromatic rings. The van der Waals surface area contributed by atoms with E-state index in [9.17, 15) is 14.4 Å². The molecule has 22 heavy (non-hydrogen) atoms. The van der Waals surface area contributed by atoms with Gasteiger partial charge in [0, 0.05) is 38.4 Å². The van der Waals surface area contributed by atoms with Crippen LogP contribution in [0.3, 0.4) is 0 Å². The summed E-state index contributed by atoms with van der Waals surface area (Å²) in [5.74, 6) is 0.00543. The molecule has 0 radical (unpaired) electrons. The van der Waals surface area contributed by atoms with Gasteiger partial charge in [-0.1, -0.05) is 0 Å². The first-order valence-electron chi connectivity index (χ1n) is 8.33. The molecule has 2 amide bonds. The Kier molecular flexibility index (Phi) is 6.21. The van der Waals surface area contributed by atoms with Crippen molar-refractivity contribution in [1.29, 1.82) is 0 Å². The zero-order chi connectivity index (χ0) is 15.9. The molecule has 2 aliphatic rings. The van der Waals surface area contributed by atoms with Gasteiger partial charge in [0.1, 0.15) is 0 Å². The van der Waals surface area contributed by atoms with Gasteiger partial charge in [0.2, 0.25) is 11.8 Å². The van der Waals surface area contributed by atoms with Gasteiger partial charge in [-0.2, -0.15) is 0 Å². The van der Waals surface area contributed by atoms with Crippen molar-refractivity contribution in [2.45, 2.75) is 51.4 Å². The largest absolute Gasteiger partial charge is 0.481 e. The van der Waals surface area contributed by atoms with E-state index in [4.69, 9.17) is 5.11 Å². The molecule has 6 nitrogen and oxygen atoms in total. The summed E-state index contributed by atoms with van der Waals surface area (Å²) in [7, 11) is 0. The van der Waals surface area contributed by atoms with E-state index in [1.165, 1.54) is 0 Å². The molecular weight excluding hydrogens is 284 g/mol. The summed E-state index contributed by atoms with van der Waals surface area (Å²) in [5.41, 5.74) is 0. The molecule has 1 saturated heterocycles. The van der Waals surface area contributed by atoms with Gasteiger partial charge in [-0.3, -0.25) is 14.4 Å². The molecule has 2 N–H and O–H groups in total. The fourth-order valence-corrected chi connectivity index (χ4v) is 2.95. The van der Waals surface area contributed by atoms with Crippen LogP contribution in [0.25, 0.3) is 0 Å². The Hall–Kier alpha value is -1.59. The molecule has 1 aliphatic heterocycles. The Morgan fingerprint density at radius 3 is 2.59 bits per heavy atom. The van der Waals surface area contributed by atoms with Crippen LogP contribution in [0, 0.1) is 11.8 Å². The number of carbonyl (C=O) groups excluding carboxylic acids is 2. The smallest absolute Gasteiger partial charge is 0.303 e. The van der Waals surface area contributed by atoms with Gasteiger partial charge < -0.3 is 15.3 Å². The maximum atomic E-state index is 12.2. The number of rotatable bonds is 8. The standard InChI is InChI=1S/C16H26N2O4/c19-14(4-1-9-17-16(22)13-6-7-13)18-10-2-3-12(11-18)5-8-15(20)21/h12-13H,1-11H2,(H,17,22)(H,20,21). The van der Waals surface area contributed by atoms with Crippen molar-refractivity contribution < 1.29 is 19.5 Å². The van der Waals surface area contributed by atoms with Crippen molar-refractivity contribution in [2.75, 3.05) is 19.6 Å². The maximum absolute atomic E-state index is 12.2. The first-order valence-corrected chi connectivity index (χ1v) is 8.33. The summed E-state index contributed by atoms with van der Waals surface area (Å²) in [4.78, 5) is 36.1. The Morgan fingerprint density at radius 1 is 1.14 bits per heavy atom. The molecule has 1 saturated carbocycles. The summed E-state index contributed by atoms with van der Waals surface area (Å²) < 4.78 is 0. The number of carbonyl (C=O) groups is 3. The molecule has 124 valence electrons. The van der Waals surface area contributed by atoms with Crippen LogP contribution in [-0.4, -0.2) is 47.4 Å². The molecule has 0 aromatic carbocycles. The highest BCUT2D eigenvalue weighted by Crippen LogP contribution is 2.28. The normalized spacial score (nSPS) is 21.5. The number of carboxylic acids is 1. The zero-order valence-electron chi connectivity index (χ0n) is 13.1. The lowest BCUT2D eigenvalue weighted by atomic mass is 9.93. The van der Waals surface area contributed by atoms with E-state index in [1.807, 2.05) is 4.90 Å². The highest BCUT2D eigenvalue weighted by Gasteiger charge is 2.29. The van der Waals surface area contributed by atoms with Gasteiger partial charge in [-0.25, -0.2) is 0 Å². The Bertz CT molecular complexity index is 420. The highest BCUT2D eigenvalue weighted by molar-refractivity contribution is 5.81. The average Bonchev–Trinajstić information content (AvgIpc) is 3.34. The van der Waals surface area contributed by atoms with Crippen LogP contribution in [0.2, 0.25) is 0 Å². The van der Waals surface area contributed by atoms with Gasteiger partial charge in [-0.05, 0) is 44.4 Å². The molecule has 1 aliphatic carbocycles. The molecule has 0 bridgehead atoms. The highest BCUT2D eigenvalue weighted by atomic mass is 16.4. The molecule has 6 heteroatoms. The first kappa shape index (κ1) is 16.8. The fourth-order valence-electron chi connectivity index (χ4n) is 2.95. The number of likely N-dealkylation sites (tertiary alicyclic amines) is 1. The molecule has 2 rings (SSSR count). The second-order valence-corrected chi connectivity index (χ2v) is 6.45. The van der Waals surface area contributed by atoms with Crippen LogP contribution in [0.15, 0.2) is 0 Å². The van der Waals surface area contributed by atoms with Crippen molar-refractivity contribution in [3.63, 3.8) is 0 Å². The van der Waals surface area contributed by atoms with E-state index in [2.05, 4.69) is 5.32 Å². The predicted octanol–water partition coefficient (Wildman–Crippen LogP) is 1.40. The average molecular weight is 310 g/mol. The van der Waals surface area contributed by atoms with Crippen molar-refractivity contribution in [3.05, 3.63) is 0 Å². The van der Waals surface area contributed by atoms with E-state index in [-0.39, 0.29) is 24.2 Å². The molecule has 1 unspecified atom stereocenters. The third-order valence-electron chi connectivity index (χ3n) is 4.45. The second kappa shape index (κ2) is 8.15. The molecule has 0 spiro atoms. The van der Waals surface area contributed by atoms with E-state index in [0.717, 1.165) is 32.2 Å². The first-order chi connectivity index (χ1) is 10.6. The molecule has 1 atom stereocenters. The summed E-state index contributed by atoms with van der Waals surface area (Å²) in [6.07, 6.45) is 5.91. The Balaban J connectivity index is 1.61. The number of carboxylic acid groups (broad SMARTS) is 1. The fraction of sp³-hybridized carbons (Fsp3) is 0.812. The van der Waals surface area contributed by atoms with Gasteiger partial charge in [0.05, 0.1) is 0 Å². The van der Waals surface area contributed by atoms with Crippen LogP contribution >= 0.6 is 0 Å². The molecule has 2 fully saturated rings. The lowest BCUT2D eigenvalue weighted by Gasteiger charge is -2.32. The number of nitrogens with zero attached hydrogens (tertiary/aromatic N) is 1. The van der Waals surface area contributed by atoms with Crippen LogP contribution in [-0.2, 0) is 14.4 Å². The van der Waals surface area contributed by atoms with E-state index in [1.54, 1.807) is 0 Å². The van der Waals surface area contributed by atoms with E-state index < -0.39 is 5.97 Å². The summed E-state index contributed by atoms with van der Waals surface area (Å²) in [6.45, 7) is 2.02. The quantitative estimate of drug-likeness (QED) is 0.663. The monoisotopic (exact) mass is 310 g/mol. The van der Waals surface area contributed by atoms with Crippen LogP contribution in [0.4, 0.5) is 0 Å². The van der Waals surface area contributed by atoms with E-state index in [0.29, 0.717) is 38.3 Å². The van der Waals surface area contributed by atoms with Crippen molar-refractivity contribution in [2.24, 2.45) is 11.8 Å². The lowest BCUT2D eigenvalue weighted by molar-refractivity contribution is -0.137. The maximum Gasteiger partial charge on any atom is 0.303 e. The molecule has 1 heterocycles. The second-order valence-electron chi connectivity index (χ2n) is 6.45. The number of nitrogens with one attached hydrogen (secondary N) is 1. The zero-order valence-corrected chi connectivity index (χ0v) is 13.1. The molecular formula is C16H26N2O4. The third-order valence-corrected chi connectivity index (χ3v) is 4.45. The number of aliphatic carboxylic acids is 1. The number of hydrogen-bond donors (Lipinski definition) is 2. The topological polar surface area (TPSA) is 86.7 Å². The Labute approximate surface area is 131 Å². The van der Waals surface area contributed by atoms with Gasteiger partial charge in [0.25, 0.3) is 0 Å². The number of hydrogen-bond acceptors (Lipinski definition) is 3. The summed E-state index contributed by atoms with van der Waals surface area (Å²) in [5, 5.41) is 11.6. The third kappa shape index (κ3) is 5.66. The van der Waals surface area contributed by atoms with Crippen LogP contribution in [0.1, 0.15) is 51.4 Å². The Morgan fingerprint density at radius 2 is 1.91 bits per heavy atom. The number of amides is 2. The summed E-state index contributed by atoms with van der Waals surface area (Å²) in [6, 6.07) is 0.